The highest BCUT2D eigenvalue weighted by Gasteiger charge is 2.19. The van der Waals surface area contributed by atoms with Crippen LogP contribution in [0, 0.1) is 0 Å². The zero-order chi connectivity index (χ0) is 23.8. The van der Waals surface area contributed by atoms with Gasteiger partial charge in [-0.15, -0.1) is 0 Å². The zero-order valence-electron chi connectivity index (χ0n) is 19.1. The van der Waals surface area contributed by atoms with E-state index in [2.05, 4.69) is 27.1 Å². The Morgan fingerprint density at radius 3 is 2.53 bits per heavy atom. The van der Waals surface area contributed by atoms with Crippen LogP contribution in [-0.2, 0) is 32.6 Å². The number of amides is 1. The van der Waals surface area contributed by atoms with Crippen molar-refractivity contribution in [2.45, 2.75) is 30.8 Å². The maximum absolute atomic E-state index is 12.6. The molecule has 1 amide bonds. The van der Waals surface area contributed by atoms with E-state index in [1.165, 1.54) is 17.7 Å². The summed E-state index contributed by atoms with van der Waals surface area (Å²) in [6.45, 7) is 5.61. The van der Waals surface area contributed by atoms with Crippen molar-refractivity contribution in [2.75, 3.05) is 46.1 Å². The monoisotopic (exact) mass is 489 g/mol. The third-order valence-electron chi connectivity index (χ3n) is 5.66. The van der Waals surface area contributed by atoms with E-state index >= 15 is 0 Å². The fraction of sp³-hybridized carbons (Fsp3) is 0.458. The lowest BCUT2D eigenvalue weighted by Crippen LogP contribution is -2.35. The molecule has 0 saturated carbocycles. The third kappa shape index (κ3) is 6.92. The smallest absolute Gasteiger partial charge is 0.240 e. The standard InChI is InChI=1S/C24H31N3O6S/c28-24(25-17-19-3-1-4-20(15-19)18-27-9-13-31-14-10-27)7-8-26-34(29,30)21-5-6-22-23(16-21)33-12-2-11-32-22/h1,3-6,15-16,26H,2,7-14,17-18H2,(H,25,28). The Labute approximate surface area is 200 Å². The van der Waals surface area contributed by atoms with Crippen LogP contribution >= 0.6 is 0 Å². The second kappa shape index (κ2) is 11.7. The van der Waals surface area contributed by atoms with Gasteiger partial charge in [-0.2, -0.15) is 0 Å². The minimum atomic E-state index is -3.77. The summed E-state index contributed by atoms with van der Waals surface area (Å²) < 4.78 is 44.2. The minimum Gasteiger partial charge on any atom is -0.490 e. The summed E-state index contributed by atoms with van der Waals surface area (Å²) in [5, 5.41) is 2.86. The number of hydrogen-bond acceptors (Lipinski definition) is 7. The van der Waals surface area contributed by atoms with E-state index in [0.717, 1.165) is 44.8 Å². The fourth-order valence-electron chi connectivity index (χ4n) is 3.84. The quantitative estimate of drug-likeness (QED) is 0.552. The molecule has 0 aromatic heterocycles. The largest absolute Gasteiger partial charge is 0.490 e. The Morgan fingerprint density at radius 1 is 0.941 bits per heavy atom. The molecular weight excluding hydrogens is 458 g/mol. The Morgan fingerprint density at radius 2 is 1.71 bits per heavy atom. The maximum Gasteiger partial charge on any atom is 0.240 e. The van der Waals surface area contributed by atoms with Gasteiger partial charge in [0.15, 0.2) is 11.5 Å². The highest BCUT2D eigenvalue weighted by Crippen LogP contribution is 2.31. The Bertz CT molecular complexity index is 1090. The number of morpholine rings is 1. The molecule has 0 spiro atoms. The molecule has 2 heterocycles. The van der Waals surface area contributed by atoms with E-state index in [9.17, 15) is 13.2 Å². The fourth-order valence-corrected chi connectivity index (χ4v) is 4.88. The Balaban J connectivity index is 1.23. The minimum absolute atomic E-state index is 0.000318. The molecule has 2 N–H and O–H groups in total. The summed E-state index contributed by atoms with van der Waals surface area (Å²) in [6, 6.07) is 12.6. The molecule has 0 aliphatic carbocycles. The first-order chi connectivity index (χ1) is 16.5. The number of carbonyl (C=O) groups is 1. The maximum atomic E-state index is 12.6. The number of benzene rings is 2. The number of nitrogens with zero attached hydrogens (tertiary/aromatic N) is 1. The number of carbonyl (C=O) groups excluding carboxylic acids is 1. The molecule has 1 fully saturated rings. The molecule has 0 unspecified atom stereocenters. The van der Waals surface area contributed by atoms with Crippen molar-refractivity contribution in [3.63, 3.8) is 0 Å². The summed E-state index contributed by atoms with van der Waals surface area (Å²) >= 11 is 0. The molecule has 1 saturated heterocycles. The molecule has 10 heteroatoms. The lowest BCUT2D eigenvalue weighted by atomic mass is 10.1. The zero-order valence-corrected chi connectivity index (χ0v) is 19.9. The summed E-state index contributed by atoms with van der Waals surface area (Å²) in [7, 11) is -3.77. The second-order valence-corrected chi connectivity index (χ2v) is 10.1. The summed E-state index contributed by atoms with van der Waals surface area (Å²) in [4.78, 5) is 14.7. The summed E-state index contributed by atoms with van der Waals surface area (Å²) in [5.41, 5.74) is 2.20. The van der Waals surface area contributed by atoms with E-state index in [0.29, 0.717) is 31.3 Å². The molecule has 2 aromatic carbocycles. The molecule has 34 heavy (non-hydrogen) atoms. The Kier molecular flexibility index (Phi) is 8.39. The van der Waals surface area contributed by atoms with Crippen LogP contribution in [0.4, 0.5) is 0 Å². The predicted octanol–water partition coefficient (Wildman–Crippen LogP) is 1.66. The average molecular weight is 490 g/mol. The van der Waals surface area contributed by atoms with Crippen LogP contribution in [0.5, 0.6) is 11.5 Å². The number of hydrogen-bond donors (Lipinski definition) is 2. The van der Waals surface area contributed by atoms with Gasteiger partial charge in [0.2, 0.25) is 15.9 Å². The first-order valence-corrected chi connectivity index (χ1v) is 13.0. The van der Waals surface area contributed by atoms with Gasteiger partial charge < -0.3 is 19.5 Å². The van der Waals surface area contributed by atoms with Crippen molar-refractivity contribution in [1.29, 1.82) is 0 Å². The van der Waals surface area contributed by atoms with E-state index in [1.54, 1.807) is 6.07 Å². The van der Waals surface area contributed by atoms with Gasteiger partial charge in [0.05, 0.1) is 31.3 Å². The van der Waals surface area contributed by atoms with Crippen molar-refractivity contribution in [3.8, 4) is 11.5 Å². The molecule has 0 radical (unpaired) electrons. The second-order valence-electron chi connectivity index (χ2n) is 8.29. The van der Waals surface area contributed by atoms with Crippen LogP contribution in [0.3, 0.4) is 0 Å². The van der Waals surface area contributed by atoms with Crippen LogP contribution in [0.1, 0.15) is 24.0 Å². The Hall–Kier alpha value is -2.66. The molecular formula is C24H31N3O6S. The number of fused-ring (bicyclic) bond motifs is 1. The van der Waals surface area contributed by atoms with E-state index in [1.807, 2.05) is 12.1 Å². The van der Waals surface area contributed by atoms with Crippen molar-refractivity contribution in [2.24, 2.45) is 0 Å². The average Bonchev–Trinajstić information content (AvgIpc) is 3.08. The lowest BCUT2D eigenvalue weighted by Gasteiger charge is -2.26. The van der Waals surface area contributed by atoms with Gasteiger partial charge >= 0.3 is 0 Å². The summed E-state index contributed by atoms with van der Waals surface area (Å²) in [6.07, 6.45) is 0.777. The van der Waals surface area contributed by atoms with Crippen molar-refractivity contribution in [3.05, 3.63) is 53.6 Å². The normalized spacial score (nSPS) is 16.6. The van der Waals surface area contributed by atoms with Gasteiger partial charge in [-0.05, 0) is 23.3 Å². The highest BCUT2D eigenvalue weighted by atomic mass is 32.2. The molecule has 2 aliphatic rings. The van der Waals surface area contributed by atoms with Crippen LogP contribution in [-0.4, -0.2) is 65.3 Å². The van der Waals surface area contributed by atoms with Gasteiger partial charge in [-0.1, -0.05) is 24.3 Å². The first kappa shape index (κ1) is 24.5. The van der Waals surface area contributed by atoms with Gasteiger partial charge in [-0.3, -0.25) is 9.69 Å². The lowest BCUT2D eigenvalue weighted by molar-refractivity contribution is -0.121. The van der Waals surface area contributed by atoms with E-state index < -0.39 is 10.0 Å². The van der Waals surface area contributed by atoms with Gasteiger partial charge in [0, 0.05) is 51.6 Å². The molecule has 2 aromatic rings. The van der Waals surface area contributed by atoms with Crippen LogP contribution in [0.15, 0.2) is 47.4 Å². The molecule has 0 bridgehead atoms. The van der Waals surface area contributed by atoms with Crippen molar-refractivity contribution in [1.82, 2.24) is 14.9 Å². The SMILES string of the molecule is O=C(CCNS(=O)(=O)c1ccc2c(c1)OCCCO2)NCc1cccc(CN2CCOCC2)c1. The number of nitrogens with one attached hydrogen (secondary N) is 2. The van der Waals surface area contributed by atoms with Gasteiger partial charge in [-0.25, -0.2) is 13.1 Å². The van der Waals surface area contributed by atoms with Crippen LogP contribution in [0.2, 0.25) is 0 Å². The molecule has 4 rings (SSSR count). The van der Waals surface area contributed by atoms with Crippen molar-refractivity contribution >= 4 is 15.9 Å². The number of sulfonamides is 1. The van der Waals surface area contributed by atoms with Crippen LogP contribution < -0.4 is 19.5 Å². The van der Waals surface area contributed by atoms with Gasteiger partial charge in [0.1, 0.15) is 0 Å². The van der Waals surface area contributed by atoms with Crippen molar-refractivity contribution < 1.29 is 27.4 Å². The third-order valence-corrected chi connectivity index (χ3v) is 7.12. The van der Waals surface area contributed by atoms with E-state index in [-0.39, 0.29) is 23.8 Å². The summed E-state index contributed by atoms with van der Waals surface area (Å²) in [5.74, 6) is 0.721. The van der Waals surface area contributed by atoms with Gasteiger partial charge in [0.25, 0.3) is 0 Å². The first-order valence-electron chi connectivity index (χ1n) is 11.5. The van der Waals surface area contributed by atoms with Crippen LogP contribution in [0.25, 0.3) is 0 Å². The molecule has 184 valence electrons. The topological polar surface area (TPSA) is 106 Å². The number of ether oxygens (including phenoxy) is 3. The highest BCUT2D eigenvalue weighted by molar-refractivity contribution is 7.89. The van der Waals surface area contributed by atoms with E-state index in [4.69, 9.17) is 14.2 Å². The molecule has 0 atom stereocenters. The molecule has 9 nitrogen and oxygen atoms in total. The molecule has 2 aliphatic heterocycles. The number of rotatable bonds is 9. The predicted molar refractivity (Wildman–Crippen MR) is 126 cm³/mol.